The highest BCUT2D eigenvalue weighted by Gasteiger charge is 2.26. The molecule has 0 bridgehead atoms. The molecule has 1 N–H and O–H groups in total. The van der Waals surface area contributed by atoms with Crippen LogP contribution in [0.4, 0.5) is 0 Å². The molecule has 0 aromatic carbocycles. The zero-order valence-corrected chi connectivity index (χ0v) is 6.59. The van der Waals surface area contributed by atoms with Crippen molar-refractivity contribution in [3.8, 4) is 6.07 Å². The van der Waals surface area contributed by atoms with Crippen LogP contribution in [-0.4, -0.2) is 13.1 Å². The Morgan fingerprint density at radius 1 is 1.30 bits per heavy atom. The molecule has 0 aromatic heterocycles. The maximum absolute atomic E-state index is 8.75. The van der Waals surface area contributed by atoms with E-state index in [1.54, 1.807) is 0 Å². The Bertz CT molecular complexity index is 138. The maximum Gasteiger partial charge on any atom is 0.0662 e. The molecule has 2 nitrogen and oxygen atoms in total. The predicted octanol–water partition coefficient (Wildman–Crippen LogP) is 1.00. The number of hydrogen-bond acceptors (Lipinski definition) is 2. The van der Waals surface area contributed by atoms with E-state index in [1.165, 1.54) is 0 Å². The van der Waals surface area contributed by atoms with E-state index < -0.39 is 0 Å². The van der Waals surface area contributed by atoms with Gasteiger partial charge in [-0.05, 0) is 24.9 Å². The molecule has 1 aliphatic rings. The lowest BCUT2D eigenvalue weighted by Gasteiger charge is -2.29. The Kier molecular flexibility index (Phi) is 2.29. The molecule has 1 fully saturated rings. The first-order chi connectivity index (χ1) is 4.75. The topological polar surface area (TPSA) is 35.8 Å². The molecule has 0 amide bonds. The van der Waals surface area contributed by atoms with Crippen molar-refractivity contribution in [2.24, 2.45) is 17.8 Å². The smallest absolute Gasteiger partial charge is 0.0662 e. The fraction of sp³-hybridized carbons (Fsp3) is 0.875. The third-order valence-electron chi connectivity index (χ3n) is 2.31. The molecule has 0 aliphatic carbocycles. The number of rotatable bonds is 0. The molecule has 1 aliphatic heterocycles. The van der Waals surface area contributed by atoms with Gasteiger partial charge in [-0.3, -0.25) is 0 Å². The van der Waals surface area contributed by atoms with Gasteiger partial charge in [0.1, 0.15) is 0 Å². The summed E-state index contributed by atoms with van der Waals surface area (Å²) >= 11 is 0. The standard InChI is InChI=1S/C8H14N2/c1-6-4-10-5-7(2)8(6)3-9/h6-8,10H,4-5H2,1-2H3/t6-,7+,8?. The Morgan fingerprint density at radius 2 is 1.80 bits per heavy atom. The number of nitriles is 1. The summed E-state index contributed by atoms with van der Waals surface area (Å²) in [6, 6.07) is 2.36. The second kappa shape index (κ2) is 3.03. The van der Waals surface area contributed by atoms with Crippen molar-refractivity contribution >= 4 is 0 Å². The molecule has 0 spiro atoms. The van der Waals surface area contributed by atoms with Gasteiger partial charge in [0.05, 0.1) is 12.0 Å². The average Bonchev–Trinajstić information content (AvgIpc) is 1.88. The van der Waals surface area contributed by atoms with Crippen molar-refractivity contribution < 1.29 is 0 Å². The van der Waals surface area contributed by atoms with Crippen LogP contribution < -0.4 is 5.32 Å². The molecule has 2 heteroatoms. The molecule has 1 unspecified atom stereocenters. The molecule has 1 saturated heterocycles. The van der Waals surface area contributed by atoms with E-state index in [0.29, 0.717) is 11.8 Å². The molecule has 1 rings (SSSR count). The SMILES string of the molecule is C[C@@H]1CNC[C@H](C)C1C#N. The van der Waals surface area contributed by atoms with Gasteiger partial charge in [-0.2, -0.15) is 5.26 Å². The molecule has 56 valence electrons. The monoisotopic (exact) mass is 138 g/mol. The fourth-order valence-electron chi connectivity index (χ4n) is 1.61. The van der Waals surface area contributed by atoms with Crippen molar-refractivity contribution in [1.29, 1.82) is 5.26 Å². The maximum atomic E-state index is 8.75. The van der Waals surface area contributed by atoms with Crippen molar-refractivity contribution in [2.75, 3.05) is 13.1 Å². The van der Waals surface area contributed by atoms with Crippen molar-refractivity contribution in [1.82, 2.24) is 5.32 Å². The Morgan fingerprint density at radius 3 is 2.10 bits per heavy atom. The highest BCUT2D eigenvalue weighted by atomic mass is 14.9. The summed E-state index contributed by atoms with van der Waals surface area (Å²) in [5.41, 5.74) is 0. The van der Waals surface area contributed by atoms with Crippen LogP contribution in [0.15, 0.2) is 0 Å². The van der Waals surface area contributed by atoms with Crippen LogP contribution in [0.1, 0.15) is 13.8 Å². The quantitative estimate of drug-likeness (QED) is 0.542. The fourth-order valence-corrected chi connectivity index (χ4v) is 1.61. The van der Waals surface area contributed by atoms with Crippen LogP contribution in [-0.2, 0) is 0 Å². The van der Waals surface area contributed by atoms with Crippen LogP contribution in [0.3, 0.4) is 0 Å². The van der Waals surface area contributed by atoms with E-state index in [-0.39, 0.29) is 5.92 Å². The summed E-state index contributed by atoms with van der Waals surface area (Å²) in [7, 11) is 0. The van der Waals surface area contributed by atoms with Gasteiger partial charge in [-0.25, -0.2) is 0 Å². The summed E-state index contributed by atoms with van der Waals surface area (Å²) in [5, 5.41) is 12.1. The first-order valence-corrected chi connectivity index (χ1v) is 3.86. The lowest BCUT2D eigenvalue weighted by atomic mass is 9.82. The molecule has 0 saturated carbocycles. The molecule has 0 radical (unpaired) electrons. The van der Waals surface area contributed by atoms with Gasteiger partial charge in [0, 0.05) is 0 Å². The molecule has 0 aromatic rings. The largest absolute Gasteiger partial charge is 0.316 e. The molecule has 3 atom stereocenters. The van der Waals surface area contributed by atoms with Crippen LogP contribution in [0.5, 0.6) is 0 Å². The van der Waals surface area contributed by atoms with Gasteiger partial charge in [0.25, 0.3) is 0 Å². The van der Waals surface area contributed by atoms with Crippen LogP contribution in [0, 0.1) is 29.1 Å². The van der Waals surface area contributed by atoms with E-state index in [4.69, 9.17) is 5.26 Å². The highest BCUT2D eigenvalue weighted by molar-refractivity contribution is 4.94. The zero-order chi connectivity index (χ0) is 7.56. The van der Waals surface area contributed by atoms with Gasteiger partial charge < -0.3 is 5.32 Å². The predicted molar refractivity (Wildman–Crippen MR) is 40.3 cm³/mol. The van der Waals surface area contributed by atoms with Crippen LogP contribution >= 0.6 is 0 Å². The van der Waals surface area contributed by atoms with Gasteiger partial charge >= 0.3 is 0 Å². The Labute approximate surface area is 62.2 Å². The van der Waals surface area contributed by atoms with E-state index in [0.717, 1.165) is 13.1 Å². The van der Waals surface area contributed by atoms with Crippen molar-refractivity contribution in [3.63, 3.8) is 0 Å². The van der Waals surface area contributed by atoms with Gasteiger partial charge in [-0.1, -0.05) is 13.8 Å². The van der Waals surface area contributed by atoms with E-state index >= 15 is 0 Å². The normalized spacial score (nSPS) is 40.7. The van der Waals surface area contributed by atoms with Gasteiger partial charge in [-0.15, -0.1) is 0 Å². The third kappa shape index (κ3) is 1.30. The molecular weight excluding hydrogens is 124 g/mol. The van der Waals surface area contributed by atoms with Crippen LogP contribution in [0.25, 0.3) is 0 Å². The van der Waals surface area contributed by atoms with Crippen LogP contribution in [0.2, 0.25) is 0 Å². The summed E-state index contributed by atoms with van der Waals surface area (Å²) in [6.45, 7) is 6.28. The Balaban J connectivity index is 2.56. The minimum atomic E-state index is 0.265. The van der Waals surface area contributed by atoms with Crippen molar-refractivity contribution in [3.05, 3.63) is 0 Å². The number of nitrogens with one attached hydrogen (secondary N) is 1. The van der Waals surface area contributed by atoms with Crippen molar-refractivity contribution in [2.45, 2.75) is 13.8 Å². The van der Waals surface area contributed by atoms with Gasteiger partial charge in [0.15, 0.2) is 0 Å². The summed E-state index contributed by atoms with van der Waals surface area (Å²) in [6.07, 6.45) is 0. The third-order valence-corrected chi connectivity index (χ3v) is 2.31. The molecular formula is C8H14N2. The van der Waals surface area contributed by atoms with Gasteiger partial charge in [0.2, 0.25) is 0 Å². The second-order valence-electron chi connectivity index (χ2n) is 3.27. The number of hydrogen-bond donors (Lipinski definition) is 1. The first-order valence-electron chi connectivity index (χ1n) is 3.86. The number of piperidine rings is 1. The molecule has 10 heavy (non-hydrogen) atoms. The Hall–Kier alpha value is -0.550. The minimum absolute atomic E-state index is 0.265. The highest BCUT2D eigenvalue weighted by Crippen LogP contribution is 2.22. The van der Waals surface area contributed by atoms with E-state index in [9.17, 15) is 0 Å². The average molecular weight is 138 g/mol. The minimum Gasteiger partial charge on any atom is -0.316 e. The number of nitrogens with zero attached hydrogens (tertiary/aromatic N) is 1. The molecule has 1 heterocycles. The lowest BCUT2D eigenvalue weighted by Crippen LogP contribution is -2.40. The second-order valence-corrected chi connectivity index (χ2v) is 3.27. The summed E-state index contributed by atoms with van der Waals surface area (Å²) in [5.74, 6) is 1.31. The van der Waals surface area contributed by atoms with E-state index in [2.05, 4.69) is 25.2 Å². The zero-order valence-electron chi connectivity index (χ0n) is 6.59. The summed E-state index contributed by atoms with van der Waals surface area (Å²) < 4.78 is 0. The lowest BCUT2D eigenvalue weighted by molar-refractivity contribution is 0.250. The van der Waals surface area contributed by atoms with E-state index in [1.807, 2.05) is 0 Å². The first kappa shape index (κ1) is 7.56. The summed E-state index contributed by atoms with van der Waals surface area (Å²) in [4.78, 5) is 0.